The number of carboxylic acids is 1. The van der Waals surface area contributed by atoms with Gasteiger partial charge in [-0.3, -0.25) is 0 Å². The lowest BCUT2D eigenvalue weighted by Gasteiger charge is -2.23. The zero-order chi connectivity index (χ0) is 25.3. The Morgan fingerprint density at radius 3 is 2.39 bits per heavy atom. The van der Waals surface area contributed by atoms with E-state index in [2.05, 4.69) is 35.9 Å². The van der Waals surface area contributed by atoms with E-state index in [4.69, 9.17) is 0 Å². The summed E-state index contributed by atoms with van der Waals surface area (Å²) in [7, 11) is 0. The summed E-state index contributed by atoms with van der Waals surface area (Å²) in [6, 6.07) is 12.8. The van der Waals surface area contributed by atoms with E-state index < -0.39 is 24.0 Å². The number of aromatic nitrogens is 6. The number of nitrogens with zero attached hydrogens (tertiary/aromatic N) is 5. The monoisotopic (exact) mass is 495 g/mol. The molecule has 0 saturated carbocycles. The average Bonchev–Trinajstić information content (AvgIpc) is 3.41. The average molecular weight is 495 g/mol. The van der Waals surface area contributed by atoms with Gasteiger partial charge in [0.15, 0.2) is 6.04 Å². The van der Waals surface area contributed by atoms with Crippen LogP contribution in [0.4, 0.5) is 19.0 Å². The highest BCUT2D eigenvalue weighted by atomic mass is 19.4. The quantitative estimate of drug-likeness (QED) is 0.358. The standard InChI is InChI=1S/C24H20F3N7O2/c25-24(26,27)23-28-18-8-4-3-7-17(18)20(30-23)29-19(22(35)36)14-11-9-13(10-12-14)15-5-1-2-6-16(15)21-31-33-34-32-21/h1-2,5-6,9-12,19H,3-4,7-8H2,(H,35,36)(H,28,29,30)(H,31,32,33,34). The number of carbonyl (C=O) groups is 1. The highest BCUT2D eigenvalue weighted by molar-refractivity contribution is 5.82. The van der Waals surface area contributed by atoms with E-state index in [1.54, 1.807) is 24.3 Å². The van der Waals surface area contributed by atoms with E-state index in [1.807, 2.05) is 24.3 Å². The molecule has 2 aromatic carbocycles. The molecule has 2 heterocycles. The van der Waals surface area contributed by atoms with Gasteiger partial charge < -0.3 is 10.4 Å². The van der Waals surface area contributed by atoms with Gasteiger partial charge in [-0.05, 0) is 47.6 Å². The topological polar surface area (TPSA) is 130 Å². The summed E-state index contributed by atoms with van der Waals surface area (Å²) in [5.74, 6) is -2.20. The molecule has 0 radical (unpaired) electrons. The zero-order valence-electron chi connectivity index (χ0n) is 18.8. The van der Waals surface area contributed by atoms with Crippen LogP contribution in [-0.4, -0.2) is 41.7 Å². The first-order valence-corrected chi connectivity index (χ1v) is 11.2. The number of carboxylic acid groups (broad SMARTS) is 1. The van der Waals surface area contributed by atoms with Gasteiger partial charge in [-0.15, -0.1) is 10.2 Å². The molecule has 12 heteroatoms. The van der Waals surface area contributed by atoms with Crippen molar-refractivity contribution in [3.63, 3.8) is 0 Å². The summed E-state index contributed by atoms with van der Waals surface area (Å²) < 4.78 is 40.2. The van der Waals surface area contributed by atoms with E-state index in [9.17, 15) is 23.1 Å². The molecular weight excluding hydrogens is 475 g/mol. The molecule has 3 N–H and O–H groups in total. The minimum absolute atomic E-state index is 0.0917. The van der Waals surface area contributed by atoms with Crippen LogP contribution in [0.25, 0.3) is 22.5 Å². The number of tetrazole rings is 1. The number of aromatic amines is 1. The van der Waals surface area contributed by atoms with Gasteiger partial charge in [-0.1, -0.05) is 48.5 Å². The largest absolute Gasteiger partial charge is 0.479 e. The summed E-state index contributed by atoms with van der Waals surface area (Å²) in [5.41, 5.74) is 3.53. The van der Waals surface area contributed by atoms with Crippen LogP contribution in [0.3, 0.4) is 0 Å². The van der Waals surface area contributed by atoms with Gasteiger partial charge in [0, 0.05) is 16.8 Å². The fourth-order valence-corrected chi connectivity index (χ4v) is 4.33. The molecule has 0 fully saturated rings. The Bertz CT molecular complexity index is 1390. The molecular formula is C24H20F3N7O2. The Morgan fingerprint density at radius 2 is 1.72 bits per heavy atom. The van der Waals surface area contributed by atoms with Crippen LogP contribution in [0.1, 0.15) is 41.5 Å². The van der Waals surface area contributed by atoms with E-state index in [-0.39, 0.29) is 5.82 Å². The van der Waals surface area contributed by atoms with Crippen molar-refractivity contribution in [2.24, 2.45) is 0 Å². The smallest absolute Gasteiger partial charge is 0.451 e. The lowest BCUT2D eigenvalue weighted by molar-refractivity contribution is -0.145. The third-order valence-electron chi connectivity index (χ3n) is 6.03. The summed E-state index contributed by atoms with van der Waals surface area (Å²) in [4.78, 5) is 19.5. The maximum atomic E-state index is 13.4. The van der Waals surface area contributed by atoms with Gasteiger partial charge in [-0.25, -0.2) is 14.8 Å². The highest BCUT2D eigenvalue weighted by Crippen LogP contribution is 2.34. The van der Waals surface area contributed by atoms with Crippen LogP contribution in [0.15, 0.2) is 48.5 Å². The Morgan fingerprint density at radius 1 is 1.00 bits per heavy atom. The van der Waals surface area contributed by atoms with Crippen LogP contribution in [0.5, 0.6) is 0 Å². The maximum absolute atomic E-state index is 13.4. The molecule has 0 aliphatic heterocycles. The molecule has 5 rings (SSSR count). The van der Waals surface area contributed by atoms with Crippen LogP contribution >= 0.6 is 0 Å². The Kier molecular flexibility index (Phi) is 6.08. The van der Waals surface area contributed by atoms with E-state index >= 15 is 0 Å². The van der Waals surface area contributed by atoms with Crippen LogP contribution in [0.2, 0.25) is 0 Å². The lowest BCUT2D eigenvalue weighted by Crippen LogP contribution is -2.25. The summed E-state index contributed by atoms with van der Waals surface area (Å²) in [6.07, 6.45) is -2.39. The number of alkyl halides is 3. The summed E-state index contributed by atoms with van der Waals surface area (Å²) in [5, 5.41) is 26.7. The number of rotatable bonds is 6. The molecule has 2 aromatic heterocycles. The number of aryl methyl sites for hydroxylation is 1. The molecule has 4 aromatic rings. The van der Waals surface area contributed by atoms with Crippen molar-refractivity contribution in [1.82, 2.24) is 30.6 Å². The predicted molar refractivity (Wildman–Crippen MR) is 123 cm³/mol. The number of fused-ring (bicyclic) bond motifs is 1. The minimum Gasteiger partial charge on any atom is -0.479 e. The van der Waals surface area contributed by atoms with E-state index in [0.717, 1.165) is 29.5 Å². The third kappa shape index (κ3) is 4.61. The molecule has 1 aliphatic rings. The van der Waals surface area contributed by atoms with Gasteiger partial charge in [0.25, 0.3) is 0 Å². The molecule has 1 atom stereocenters. The van der Waals surface area contributed by atoms with E-state index in [1.165, 1.54) is 0 Å². The molecule has 1 aliphatic carbocycles. The second kappa shape index (κ2) is 9.36. The van der Waals surface area contributed by atoms with Gasteiger partial charge in [0.05, 0.1) is 0 Å². The van der Waals surface area contributed by atoms with Crippen molar-refractivity contribution in [3.8, 4) is 22.5 Å². The third-order valence-corrected chi connectivity index (χ3v) is 6.03. The number of hydrogen-bond acceptors (Lipinski definition) is 7. The number of halogens is 3. The second-order valence-corrected chi connectivity index (χ2v) is 8.34. The normalized spacial score (nSPS) is 14.2. The van der Waals surface area contributed by atoms with Crippen LogP contribution < -0.4 is 5.32 Å². The number of benzene rings is 2. The minimum atomic E-state index is -4.74. The van der Waals surface area contributed by atoms with Gasteiger partial charge in [0.1, 0.15) is 5.82 Å². The Labute approximate surface area is 202 Å². The number of aliphatic carboxylic acids is 1. The van der Waals surface area contributed by atoms with Crippen molar-refractivity contribution in [2.75, 3.05) is 5.32 Å². The highest BCUT2D eigenvalue weighted by Gasteiger charge is 2.37. The first-order chi connectivity index (χ1) is 17.3. The second-order valence-electron chi connectivity index (χ2n) is 8.34. The maximum Gasteiger partial charge on any atom is 0.451 e. The van der Waals surface area contributed by atoms with Crippen LogP contribution in [0, 0.1) is 0 Å². The Hall–Kier alpha value is -4.35. The lowest BCUT2D eigenvalue weighted by atomic mass is 9.95. The van der Waals surface area contributed by atoms with Crippen LogP contribution in [-0.2, 0) is 23.8 Å². The van der Waals surface area contributed by atoms with Crippen molar-refractivity contribution >= 4 is 11.8 Å². The fourth-order valence-electron chi connectivity index (χ4n) is 4.33. The zero-order valence-corrected chi connectivity index (χ0v) is 18.8. The van der Waals surface area contributed by atoms with E-state index in [0.29, 0.717) is 35.5 Å². The van der Waals surface area contributed by atoms with Crippen molar-refractivity contribution in [2.45, 2.75) is 37.9 Å². The molecule has 36 heavy (non-hydrogen) atoms. The number of H-pyrrole nitrogens is 1. The SMILES string of the molecule is O=C(O)C(Nc1nc(C(F)(F)F)nc2c1CCCC2)c1ccc(-c2ccccc2-c2nn[nH]n2)cc1. The Balaban J connectivity index is 1.49. The van der Waals surface area contributed by atoms with Crippen molar-refractivity contribution < 1.29 is 23.1 Å². The first-order valence-electron chi connectivity index (χ1n) is 11.2. The van der Waals surface area contributed by atoms with Crippen molar-refractivity contribution in [1.29, 1.82) is 0 Å². The number of nitrogens with one attached hydrogen (secondary N) is 2. The molecule has 0 bridgehead atoms. The predicted octanol–water partition coefficient (Wildman–Crippen LogP) is 4.46. The van der Waals surface area contributed by atoms with Gasteiger partial charge in [0.2, 0.25) is 11.6 Å². The summed E-state index contributed by atoms with van der Waals surface area (Å²) >= 11 is 0. The molecule has 1 unspecified atom stereocenters. The number of anilines is 1. The fraction of sp³-hybridized carbons (Fsp3) is 0.250. The van der Waals surface area contributed by atoms with Gasteiger partial charge >= 0.3 is 12.1 Å². The van der Waals surface area contributed by atoms with Crippen molar-refractivity contribution in [3.05, 3.63) is 71.2 Å². The van der Waals surface area contributed by atoms with Gasteiger partial charge in [-0.2, -0.15) is 18.4 Å². The molecule has 184 valence electrons. The number of hydrogen-bond donors (Lipinski definition) is 3. The first kappa shape index (κ1) is 23.4. The molecule has 9 nitrogen and oxygen atoms in total. The summed E-state index contributed by atoms with van der Waals surface area (Å²) in [6.45, 7) is 0. The molecule has 0 saturated heterocycles. The molecule has 0 spiro atoms. The molecule has 0 amide bonds.